The summed E-state index contributed by atoms with van der Waals surface area (Å²) in [5, 5.41) is 24.0. The first kappa shape index (κ1) is 28.2. The van der Waals surface area contributed by atoms with E-state index in [4.69, 9.17) is 14.6 Å². The number of amides is 2. The number of carboxylic acids is 1. The summed E-state index contributed by atoms with van der Waals surface area (Å²) >= 11 is 2.02. The molecule has 3 aromatic carbocycles. The Balaban J connectivity index is 1.77. The number of aromatic carboxylic acids is 1. The van der Waals surface area contributed by atoms with Crippen LogP contribution in [-0.4, -0.2) is 36.1 Å². The number of nitrogens with zero attached hydrogens (tertiary/aromatic N) is 1. The van der Waals surface area contributed by atoms with Crippen LogP contribution in [0.1, 0.15) is 28.4 Å². The SMILES string of the molecule is CCOc1cc(/C=C(/C#N)C(=O)Nc2cccc(C(=O)O)c2)cc(I)c1OCC(=O)Nc1ccc(C)cc1. The number of nitrogens with one attached hydrogen (secondary N) is 2. The van der Waals surface area contributed by atoms with Gasteiger partial charge in [-0.3, -0.25) is 9.59 Å². The Labute approximate surface area is 233 Å². The van der Waals surface area contributed by atoms with Crippen LogP contribution in [0.3, 0.4) is 0 Å². The van der Waals surface area contributed by atoms with E-state index in [9.17, 15) is 19.6 Å². The molecule has 194 valence electrons. The first-order valence-electron chi connectivity index (χ1n) is 11.4. The van der Waals surface area contributed by atoms with Gasteiger partial charge in [-0.2, -0.15) is 5.26 Å². The van der Waals surface area contributed by atoms with Gasteiger partial charge in [-0.15, -0.1) is 0 Å². The van der Waals surface area contributed by atoms with Gasteiger partial charge in [0.25, 0.3) is 11.8 Å². The highest BCUT2D eigenvalue weighted by Gasteiger charge is 2.16. The maximum Gasteiger partial charge on any atom is 0.335 e. The normalized spacial score (nSPS) is 10.7. The quantitative estimate of drug-likeness (QED) is 0.159. The number of carbonyl (C=O) groups excluding carboxylic acids is 2. The molecule has 9 nitrogen and oxygen atoms in total. The average molecular weight is 625 g/mol. The van der Waals surface area contributed by atoms with Gasteiger partial charge in [0, 0.05) is 11.4 Å². The maximum atomic E-state index is 12.7. The fourth-order valence-corrected chi connectivity index (χ4v) is 4.07. The monoisotopic (exact) mass is 625 g/mol. The van der Waals surface area contributed by atoms with Gasteiger partial charge in [-0.05, 0) is 90.5 Å². The molecule has 38 heavy (non-hydrogen) atoms. The highest BCUT2D eigenvalue weighted by atomic mass is 127. The van der Waals surface area contributed by atoms with Crippen LogP contribution in [0.5, 0.6) is 11.5 Å². The molecule has 10 heteroatoms. The molecule has 0 aliphatic heterocycles. The van der Waals surface area contributed by atoms with Crippen LogP contribution in [0.25, 0.3) is 6.08 Å². The minimum Gasteiger partial charge on any atom is -0.490 e. The second kappa shape index (κ2) is 13.3. The van der Waals surface area contributed by atoms with Gasteiger partial charge in [0.15, 0.2) is 18.1 Å². The van der Waals surface area contributed by atoms with Crippen molar-refractivity contribution in [2.24, 2.45) is 0 Å². The standard InChI is InChI=1S/C28H24IN3O6/c1-3-37-24-13-18(11-20(15-30)27(34)32-22-6-4-5-19(14-22)28(35)36)12-23(29)26(24)38-16-25(33)31-21-9-7-17(2)8-10-21/h4-14H,3,16H2,1-2H3,(H,31,33)(H,32,34)(H,35,36)/b20-11-. The average Bonchev–Trinajstić information content (AvgIpc) is 2.88. The number of benzene rings is 3. The second-order valence-corrected chi connectivity index (χ2v) is 9.14. The fourth-order valence-electron chi connectivity index (χ4n) is 3.29. The van der Waals surface area contributed by atoms with Crippen LogP contribution >= 0.6 is 22.6 Å². The molecule has 0 aliphatic rings. The van der Waals surface area contributed by atoms with Gasteiger partial charge in [0.05, 0.1) is 15.7 Å². The highest BCUT2D eigenvalue weighted by Crippen LogP contribution is 2.35. The van der Waals surface area contributed by atoms with E-state index in [-0.39, 0.29) is 29.3 Å². The third-order valence-electron chi connectivity index (χ3n) is 5.06. The molecule has 3 N–H and O–H groups in total. The Hall–Kier alpha value is -4.37. The highest BCUT2D eigenvalue weighted by molar-refractivity contribution is 14.1. The summed E-state index contributed by atoms with van der Waals surface area (Å²) in [4.78, 5) is 36.2. The summed E-state index contributed by atoms with van der Waals surface area (Å²) in [5.41, 5.74) is 2.28. The van der Waals surface area contributed by atoms with Crippen molar-refractivity contribution in [3.05, 3.63) is 86.5 Å². The van der Waals surface area contributed by atoms with Crippen LogP contribution in [0, 0.1) is 21.8 Å². The Morgan fingerprint density at radius 1 is 1.03 bits per heavy atom. The van der Waals surface area contributed by atoms with Crippen LogP contribution in [0.15, 0.2) is 66.2 Å². The third kappa shape index (κ3) is 7.81. The maximum absolute atomic E-state index is 12.7. The number of aryl methyl sites for hydroxylation is 1. The number of nitriles is 1. The lowest BCUT2D eigenvalue weighted by atomic mass is 10.1. The zero-order valence-corrected chi connectivity index (χ0v) is 22.7. The molecular weight excluding hydrogens is 601 g/mol. The summed E-state index contributed by atoms with van der Waals surface area (Å²) in [7, 11) is 0. The molecule has 0 fully saturated rings. The van der Waals surface area contributed by atoms with E-state index < -0.39 is 11.9 Å². The number of rotatable bonds is 10. The number of anilines is 2. The minimum absolute atomic E-state index is 0.00401. The number of hydrogen-bond acceptors (Lipinski definition) is 6. The molecule has 2 amide bonds. The summed E-state index contributed by atoms with van der Waals surface area (Å²) in [6, 6.07) is 18.2. The second-order valence-electron chi connectivity index (χ2n) is 7.98. The van der Waals surface area contributed by atoms with Gasteiger partial charge in [0.1, 0.15) is 11.6 Å². The lowest BCUT2D eigenvalue weighted by Crippen LogP contribution is -2.20. The van der Waals surface area contributed by atoms with Crippen LogP contribution in [-0.2, 0) is 9.59 Å². The molecule has 0 radical (unpaired) electrons. The van der Waals surface area contributed by atoms with Crippen molar-refractivity contribution in [1.82, 2.24) is 0 Å². The Morgan fingerprint density at radius 3 is 2.42 bits per heavy atom. The van der Waals surface area contributed by atoms with Crippen molar-refractivity contribution in [2.45, 2.75) is 13.8 Å². The molecule has 0 spiro atoms. The van der Waals surface area contributed by atoms with E-state index in [2.05, 4.69) is 10.6 Å². The summed E-state index contributed by atoms with van der Waals surface area (Å²) in [6.07, 6.45) is 1.38. The van der Waals surface area contributed by atoms with Gasteiger partial charge < -0.3 is 25.2 Å². The van der Waals surface area contributed by atoms with E-state index in [0.717, 1.165) is 5.56 Å². The van der Waals surface area contributed by atoms with E-state index in [1.165, 1.54) is 30.3 Å². The third-order valence-corrected chi connectivity index (χ3v) is 5.86. The molecule has 0 aromatic heterocycles. The van der Waals surface area contributed by atoms with E-state index in [0.29, 0.717) is 32.9 Å². The Morgan fingerprint density at radius 2 is 1.76 bits per heavy atom. The van der Waals surface area contributed by atoms with Crippen LogP contribution < -0.4 is 20.1 Å². The number of ether oxygens (including phenoxy) is 2. The number of carbonyl (C=O) groups is 3. The first-order chi connectivity index (χ1) is 18.2. The van der Waals surface area contributed by atoms with Crippen molar-refractivity contribution >= 4 is 57.8 Å². The molecular formula is C28H24IN3O6. The topological polar surface area (TPSA) is 138 Å². The predicted molar refractivity (Wildman–Crippen MR) is 151 cm³/mol. The van der Waals surface area contributed by atoms with Crippen molar-refractivity contribution in [3.8, 4) is 17.6 Å². The molecule has 3 rings (SSSR count). The summed E-state index contributed by atoms with van der Waals surface area (Å²) < 4.78 is 12.1. The molecule has 0 bridgehead atoms. The largest absolute Gasteiger partial charge is 0.490 e. The molecule has 0 unspecified atom stereocenters. The fraction of sp³-hybridized carbons (Fsp3) is 0.143. The van der Waals surface area contributed by atoms with Crippen LogP contribution in [0.4, 0.5) is 11.4 Å². The molecule has 0 aliphatic carbocycles. The molecule has 0 atom stereocenters. The lowest BCUT2D eigenvalue weighted by molar-refractivity contribution is -0.118. The zero-order chi connectivity index (χ0) is 27.7. The Kier molecular flexibility index (Phi) is 9.84. The van der Waals surface area contributed by atoms with Crippen LogP contribution in [0.2, 0.25) is 0 Å². The van der Waals surface area contributed by atoms with Gasteiger partial charge in [0.2, 0.25) is 0 Å². The lowest BCUT2D eigenvalue weighted by Gasteiger charge is -2.15. The molecule has 0 saturated carbocycles. The smallest absolute Gasteiger partial charge is 0.335 e. The van der Waals surface area contributed by atoms with Crippen molar-refractivity contribution in [1.29, 1.82) is 5.26 Å². The van der Waals surface area contributed by atoms with Gasteiger partial charge in [-0.25, -0.2) is 4.79 Å². The molecule has 0 saturated heterocycles. The molecule has 3 aromatic rings. The predicted octanol–water partition coefficient (Wildman–Crippen LogP) is 5.26. The van der Waals surface area contributed by atoms with Crippen molar-refractivity contribution in [2.75, 3.05) is 23.8 Å². The van der Waals surface area contributed by atoms with Gasteiger partial charge >= 0.3 is 5.97 Å². The van der Waals surface area contributed by atoms with Crippen molar-refractivity contribution in [3.63, 3.8) is 0 Å². The summed E-state index contributed by atoms with van der Waals surface area (Å²) in [6.45, 7) is 3.82. The first-order valence-corrected chi connectivity index (χ1v) is 12.5. The number of hydrogen-bond donors (Lipinski definition) is 3. The molecule has 0 heterocycles. The number of carboxylic acid groups (broad SMARTS) is 1. The zero-order valence-electron chi connectivity index (χ0n) is 20.6. The summed E-state index contributed by atoms with van der Waals surface area (Å²) in [5.74, 6) is -1.47. The van der Waals surface area contributed by atoms with Gasteiger partial charge in [-0.1, -0.05) is 23.8 Å². The number of halogens is 1. The van der Waals surface area contributed by atoms with E-state index >= 15 is 0 Å². The Bertz CT molecular complexity index is 1430. The minimum atomic E-state index is -1.13. The van der Waals surface area contributed by atoms with Crippen molar-refractivity contribution < 1.29 is 29.0 Å². The van der Waals surface area contributed by atoms with E-state index in [1.807, 2.05) is 47.7 Å². The van der Waals surface area contributed by atoms with E-state index in [1.54, 1.807) is 31.2 Å².